The number of nitriles is 1. The molecule has 5 nitrogen and oxygen atoms in total. The van der Waals surface area contributed by atoms with Crippen molar-refractivity contribution in [2.24, 2.45) is 0 Å². The second kappa shape index (κ2) is 10.2. The van der Waals surface area contributed by atoms with Crippen molar-refractivity contribution < 1.29 is 23.0 Å². The number of rotatable bonds is 8. The number of amides is 1. The fraction of sp³-hybridized carbons (Fsp3) is 0.273. The van der Waals surface area contributed by atoms with Crippen LogP contribution in [0.2, 0.25) is 0 Å². The van der Waals surface area contributed by atoms with E-state index in [1.807, 2.05) is 38.1 Å². The number of nitrogens with one attached hydrogen (secondary N) is 1. The molecule has 0 spiro atoms. The summed E-state index contributed by atoms with van der Waals surface area (Å²) in [6.07, 6.45) is 2.83. The van der Waals surface area contributed by atoms with Crippen LogP contribution in [0.4, 0.5) is 14.5 Å². The standard InChI is InChI=1S/C22H22F2N2O3/c1-4-15-7-6-8-16(5-2)20(15)26-21(27)17(13-25)11-14-9-10-18(29-22(23)24)19(12-14)28-3/h6-12,22H,4-5H2,1-3H3,(H,26,27)/b17-11+. The number of para-hydroxylation sites is 1. The Hall–Kier alpha value is -3.40. The smallest absolute Gasteiger partial charge is 0.387 e. The first-order valence-electron chi connectivity index (χ1n) is 9.10. The Morgan fingerprint density at radius 3 is 2.34 bits per heavy atom. The van der Waals surface area contributed by atoms with Gasteiger partial charge in [0.2, 0.25) is 0 Å². The maximum Gasteiger partial charge on any atom is 0.387 e. The number of anilines is 1. The van der Waals surface area contributed by atoms with E-state index in [0.717, 1.165) is 24.0 Å². The van der Waals surface area contributed by atoms with Crippen LogP contribution in [0.3, 0.4) is 0 Å². The monoisotopic (exact) mass is 400 g/mol. The summed E-state index contributed by atoms with van der Waals surface area (Å²) in [6.45, 7) is 0.985. The summed E-state index contributed by atoms with van der Waals surface area (Å²) in [4.78, 5) is 12.7. The van der Waals surface area contributed by atoms with Crippen molar-refractivity contribution in [3.8, 4) is 17.6 Å². The van der Waals surface area contributed by atoms with Crippen molar-refractivity contribution in [2.75, 3.05) is 12.4 Å². The molecule has 0 radical (unpaired) electrons. The zero-order valence-corrected chi connectivity index (χ0v) is 16.5. The quantitative estimate of drug-likeness (QED) is 0.502. The molecule has 0 fully saturated rings. The number of carbonyl (C=O) groups excluding carboxylic acids is 1. The Balaban J connectivity index is 2.33. The Morgan fingerprint density at radius 2 is 1.83 bits per heavy atom. The molecule has 0 saturated carbocycles. The van der Waals surface area contributed by atoms with Gasteiger partial charge in [0.15, 0.2) is 11.5 Å². The molecule has 0 heterocycles. The highest BCUT2D eigenvalue weighted by Gasteiger charge is 2.15. The summed E-state index contributed by atoms with van der Waals surface area (Å²) < 4.78 is 34.3. The van der Waals surface area contributed by atoms with Gasteiger partial charge in [0.05, 0.1) is 7.11 Å². The van der Waals surface area contributed by atoms with Gasteiger partial charge in [-0.1, -0.05) is 38.1 Å². The number of alkyl halides is 2. The van der Waals surface area contributed by atoms with Crippen LogP contribution in [0, 0.1) is 11.3 Å². The van der Waals surface area contributed by atoms with Gasteiger partial charge in [0.1, 0.15) is 11.6 Å². The van der Waals surface area contributed by atoms with Crippen LogP contribution in [0.5, 0.6) is 11.5 Å². The molecule has 1 N–H and O–H groups in total. The number of nitrogens with zero attached hydrogens (tertiary/aromatic N) is 1. The van der Waals surface area contributed by atoms with E-state index in [0.29, 0.717) is 11.3 Å². The molecule has 0 saturated heterocycles. The maximum atomic E-state index is 12.7. The Labute approximate surface area is 168 Å². The molecule has 0 aliphatic carbocycles. The molecule has 2 rings (SSSR count). The van der Waals surface area contributed by atoms with Crippen molar-refractivity contribution in [1.29, 1.82) is 5.26 Å². The van der Waals surface area contributed by atoms with E-state index in [1.54, 1.807) is 0 Å². The maximum absolute atomic E-state index is 12.7. The van der Waals surface area contributed by atoms with Gasteiger partial charge >= 0.3 is 6.61 Å². The zero-order chi connectivity index (χ0) is 21.4. The first kappa shape index (κ1) is 21.9. The van der Waals surface area contributed by atoms with E-state index < -0.39 is 12.5 Å². The lowest BCUT2D eigenvalue weighted by molar-refractivity contribution is -0.112. The van der Waals surface area contributed by atoms with Gasteiger partial charge in [-0.25, -0.2) is 0 Å². The van der Waals surface area contributed by atoms with E-state index in [9.17, 15) is 18.8 Å². The summed E-state index contributed by atoms with van der Waals surface area (Å²) >= 11 is 0. The van der Waals surface area contributed by atoms with Gasteiger partial charge in [-0.3, -0.25) is 4.79 Å². The Morgan fingerprint density at radius 1 is 1.17 bits per heavy atom. The van der Waals surface area contributed by atoms with Crippen molar-refractivity contribution in [3.63, 3.8) is 0 Å². The first-order chi connectivity index (χ1) is 13.9. The molecule has 0 aliphatic heterocycles. The number of benzene rings is 2. The fourth-order valence-corrected chi connectivity index (χ4v) is 2.87. The minimum atomic E-state index is -2.99. The molecule has 29 heavy (non-hydrogen) atoms. The van der Waals surface area contributed by atoms with E-state index in [2.05, 4.69) is 10.1 Å². The summed E-state index contributed by atoms with van der Waals surface area (Å²) in [7, 11) is 1.31. The topological polar surface area (TPSA) is 71.4 Å². The molecule has 2 aromatic rings. The molecule has 1 amide bonds. The Bertz CT molecular complexity index is 927. The minimum absolute atomic E-state index is 0.0707. The number of ether oxygens (including phenoxy) is 2. The van der Waals surface area contributed by atoms with Gasteiger partial charge < -0.3 is 14.8 Å². The molecule has 0 atom stereocenters. The molecule has 0 bridgehead atoms. The average Bonchev–Trinajstić information content (AvgIpc) is 2.72. The number of hydrogen-bond donors (Lipinski definition) is 1. The predicted molar refractivity (Wildman–Crippen MR) is 107 cm³/mol. The molecule has 2 aromatic carbocycles. The van der Waals surface area contributed by atoms with Gasteiger partial charge in [-0.2, -0.15) is 14.0 Å². The number of methoxy groups -OCH3 is 1. The highest BCUT2D eigenvalue weighted by Crippen LogP contribution is 2.30. The Kier molecular flexibility index (Phi) is 7.72. The normalized spacial score (nSPS) is 11.1. The van der Waals surface area contributed by atoms with E-state index in [1.165, 1.54) is 31.4 Å². The summed E-state index contributed by atoms with van der Waals surface area (Å²) in [6, 6.07) is 11.9. The van der Waals surface area contributed by atoms with Gasteiger partial charge in [-0.05, 0) is 47.7 Å². The molecule has 0 aromatic heterocycles. The van der Waals surface area contributed by atoms with Crippen molar-refractivity contribution in [1.82, 2.24) is 0 Å². The zero-order valence-electron chi connectivity index (χ0n) is 16.5. The summed E-state index contributed by atoms with van der Waals surface area (Å²) in [5, 5.41) is 12.3. The third kappa shape index (κ3) is 5.55. The number of aryl methyl sites for hydroxylation is 2. The third-order valence-corrected chi connectivity index (χ3v) is 4.32. The molecule has 7 heteroatoms. The largest absolute Gasteiger partial charge is 0.493 e. The number of halogens is 2. The van der Waals surface area contributed by atoms with E-state index >= 15 is 0 Å². The molecule has 0 unspecified atom stereocenters. The fourth-order valence-electron chi connectivity index (χ4n) is 2.87. The van der Waals surface area contributed by atoms with Crippen molar-refractivity contribution >= 4 is 17.7 Å². The highest BCUT2D eigenvalue weighted by molar-refractivity contribution is 6.10. The number of hydrogen-bond acceptors (Lipinski definition) is 4. The van der Waals surface area contributed by atoms with Crippen molar-refractivity contribution in [2.45, 2.75) is 33.3 Å². The SMILES string of the molecule is CCc1cccc(CC)c1NC(=O)/C(C#N)=C/c1ccc(OC(F)F)c(OC)c1. The summed E-state index contributed by atoms with van der Waals surface area (Å²) in [5.74, 6) is -0.608. The van der Waals surface area contributed by atoms with Crippen LogP contribution in [-0.2, 0) is 17.6 Å². The summed E-state index contributed by atoms with van der Waals surface area (Å²) in [5.41, 5.74) is 2.98. The second-order valence-corrected chi connectivity index (χ2v) is 6.07. The first-order valence-corrected chi connectivity index (χ1v) is 9.10. The van der Waals surface area contributed by atoms with Gasteiger partial charge in [0, 0.05) is 5.69 Å². The van der Waals surface area contributed by atoms with Gasteiger partial charge in [-0.15, -0.1) is 0 Å². The third-order valence-electron chi connectivity index (χ3n) is 4.32. The molecular formula is C22H22F2N2O3. The predicted octanol–water partition coefficient (Wildman–Crippen LogP) is 4.97. The lowest BCUT2D eigenvalue weighted by Crippen LogP contribution is -2.16. The van der Waals surface area contributed by atoms with Crippen LogP contribution in [0.25, 0.3) is 6.08 Å². The number of carbonyl (C=O) groups is 1. The van der Waals surface area contributed by atoms with Crippen LogP contribution >= 0.6 is 0 Å². The van der Waals surface area contributed by atoms with Crippen LogP contribution < -0.4 is 14.8 Å². The second-order valence-electron chi connectivity index (χ2n) is 6.07. The lowest BCUT2D eigenvalue weighted by atomic mass is 10.0. The van der Waals surface area contributed by atoms with Crippen LogP contribution in [-0.4, -0.2) is 19.6 Å². The molecule has 0 aliphatic rings. The molecule has 152 valence electrons. The van der Waals surface area contributed by atoms with E-state index in [4.69, 9.17) is 4.74 Å². The van der Waals surface area contributed by atoms with Gasteiger partial charge in [0.25, 0.3) is 5.91 Å². The van der Waals surface area contributed by atoms with Crippen molar-refractivity contribution in [3.05, 3.63) is 58.7 Å². The van der Waals surface area contributed by atoms with E-state index in [-0.39, 0.29) is 17.1 Å². The highest BCUT2D eigenvalue weighted by atomic mass is 19.3. The average molecular weight is 400 g/mol. The lowest BCUT2D eigenvalue weighted by Gasteiger charge is -2.14. The minimum Gasteiger partial charge on any atom is -0.493 e. The van der Waals surface area contributed by atoms with Crippen LogP contribution in [0.1, 0.15) is 30.5 Å². The molecular weight excluding hydrogens is 378 g/mol. The van der Waals surface area contributed by atoms with Crippen LogP contribution in [0.15, 0.2) is 42.0 Å².